The maximum Gasteiger partial charge on any atom is 0.144 e. The molecule has 1 atom stereocenters. The van der Waals surface area contributed by atoms with Crippen LogP contribution in [0.25, 0.3) is 0 Å². The van der Waals surface area contributed by atoms with Crippen LogP contribution in [0.5, 0.6) is 0 Å². The van der Waals surface area contributed by atoms with Crippen LogP contribution in [0.4, 0.5) is 4.39 Å². The van der Waals surface area contributed by atoms with Crippen LogP contribution in [0.3, 0.4) is 0 Å². The van der Waals surface area contributed by atoms with Crippen molar-refractivity contribution in [3.05, 3.63) is 29.3 Å². The summed E-state index contributed by atoms with van der Waals surface area (Å²) in [4.78, 5) is 4.16. The average molecular weight is 166 g/mol. The van der Waals surface area contributed by atoms with E-state index in [0.717, 1.165) is 18.7 Å². The highest BCUT2D eigenvalue weighted by atomic mass is 19.1. The van der Waals surface area contributed by atoms with Gasteiger partial charge in [-0.05, 0) is 32.0 Å². The van der Waals surface area contributed by atoms with Gasteiger partial charge >= 0.3 is 0 Å². The first-order valence-corrected chi connectivity index (χ1v) is 4.14. The summed E-state index contributed by atoms with van der Waals surface area (Å²) < 4.78 is 12.8. The van der Waals surface area contributed by atoms with Gasteiger partial charge in [0.05, 0.1) is 17.4 Å². The third-order valence-corrected chi connectivity index (χ3v) is 2.22. The fourth-order valence-corrected chi connectivity index (χ4v) is 1.30. The molecule has 0 aromatic carbocycles. The van der Waals surface area contributed by atoms with E-state index in [0.29, 0.717) is 11.7 Å². The quantitative estimate of drug-likeness (QED) is 0.684. The molecule has 0 unspecified atom stereocenters. The highest BCUT2D eigenvalue weighted by Gasteiger charge is 2.19. The van der Waals surface area contributed by atoms with E-state index in [1.54, 1.807) is 13.0 Å². The van der Waals surface area contributed by atoms with Gasteiger partial charge in [-0.15, -0.1) is 0 Å². The smallest absolute Gasteiger partial charge is 0.144 e. The van der Waals surface area contributed by atoms with Crippen molar-refractivity contribution in [2.75, 3.05) is 6.54 Å². The molecule has 0 bridgehead atoms. The number of hydrogen-bond acceptors (Lipinski definition) is 2. The van der Waals surface area contributed by atoms with Gasteiger partial charge in [-0.1, -0.05) is 0 Å². The van der Waals surface area contributed by atoms with Crippen LogP contribution in [0.2, 0.25) is 0 Å². The van der Waals surface area contributed by atoms with Crippen LogP contribution >= 0.6 is 0 Å². The molecule has 1 N–H and O–H groups in total. The zero-order valence-corrected chi connectivity index (χ0v) is 6.97. The Morgan fingerprint density at radius 1 is 1.58 bits per heavy atom. The van der Waals surface area contributed by atoms with E-state index in [1.165, 1.54) is 6.07 Å². The van der Waals surface area contributed by atoms with Crippen LogP contribution in [-0.4, -0.2) is 11.5 Å². The van der Waals surface area contributed by atoms with E-state index in [1.807, 2.05) is 0 Å². The number of halogens is 1. The lowest BCUT2D eigenvalue weighted by atomic mass is 10.0. The molecule has 12 heavy (non-hydrogen) atoms. The number of pyridine rings is 1. The van der Waals surface area contributed by atoms with E-state index in [9.17, 15) is 4.39 Å². The second-order valence-electron chi connectivity index (χ2n) is 3.10. The van der Waals surface area contributed by atoms with Crippen molar-refractivity contribution in [2.45, 2.75) is 19.4 Å². The highest BCUT2D eigenvalue weighted by Crippen LogP contribution is 2.21. The summed E-state index contributed by atoms with van der Waals surface area (Å²) in [6.45, 7) is 2.74. The molecule has 2 nitrogen and oxygen atoms in total. The first kappa shape index (κ1) is 7.68. The number of hydrogen-bond donors (Lipinski definition) is 1. The largest absolute Gasteiger partial charge is 0.309 e. The summed E-state index contributed by atoms with van der Waals surface area (Å²) in [5, 5.41) is 3.22. The maximum absolute atomic E-state index is 12.8. The molecule has 2 heterocycles. The van der Waals surface area contributed by atoms with Crippen LogP contribution < -0.4 is 5.32 Å². The van der Waals surface area contributed by atoms with Crippen LogP contribution in [0.1, 0.15) is 23.9 Å². The molecule has 3 heteroatoms. The van der Waals surface area contributed by atoms with Gasteiger partial charge in [0.15, 0.2) is 0 Å². The van der Waals surface area contributed by atoms with E-state index in [2.05, 4.69) is 10.3 Å². The minimum atomic E-state index is -0.224. The van der Waals surface area contributed by atoms with Gasteiger partial charge < -0.3 is 5.32 Å². The van der Waals surface area contributed by atoms with Crippen molar-refractivity contribution in [3.63, 3.8) is 0 Å². The van der Waals surface area contributed by atoms with Crippen molar-refractivity contribution < 1.29 is 4.39 Å². The Morgan fingerprint density at radius 2 is 2.33 bits per heavy atom. The third-order valence-electron chi connectivity index (χ3n) is 2.22. The molecule has 1 fully saturated rings. The van der Waals surface area contributed by atoms with Crippen LogP contribution in [0.15, 0.2) is 12.1 Å². The lowest BCUT2D eigenvalue weighted by Crippen LogP contribution is -2.35. The Labute approximate surface area is 70.8 Å². The number of nitrogens with zero attached hydrogens (tertiary/aromatic N) is 1. The monoisotopic (exact) mass is 166 g/mol. The Kier molecular flexibility index (Phi) is 1.81. The van der Waals surface area contributed by atoms with Gasteiger partial charge in [-0.25, -0.2) is 4.39 Å². The molecule has 1 aliphatic heterocycles. The zero-order chi connectivity index (χ0) is 8.55. The van der Waals surface area contributed by atoms with Gasteiger partial charge in [0.1, 0.15) is 5.82 Å². The first-order valence-electron chi connectivity index (χ1n) is 4.14. The van der Waals surface area contributed by atoms with Gasteiger partial charge in [-0.3, -0.25) is 4.98 Å². The summed E-state index contributed by atoms with van der Waals surface area (Å²) in [5.74, 6) is -0.224. The summed E-state index contributed by atoms with van der Waals surface area (Å²) in [5.41, 5.74) is 1.45. The van der Waals surface area contributed by atoms with Gasteiger partial charge in [0, 0.05) is 0 Å². The summed E-state index contributed by atoms with van der Waals surface area (Å²) in [6.07, 6.45) is 1.11. The van der Waals surface area contributed by atoms with Gasteiger partial charge in [0.25, 0.3) is 0 Å². The molecule has 64 valence electrons. The lowest BCUT2D eigenvalue weighted by Gasteiger charge is -2.27. The maximum atomic E-state index is 12.8. The second-order valence-corrected chi connectivity index (χ2v) is 3.10. The fourth-order valence-electron chi connectivity index (χ4n) is 1.30. The molecule has 0 spiro atoms. The molecule has 1 saturated heterocycles. The number of nitrogens with one attached hydrogen (secondary N) is 1. The number of rotatable bonds is 1. The summed E-state index contributed by atoms with van der Waals surface area (Å²) >= 11 is 0. The molecule has 0 radical (unpaired) electrons. The lowest BCUT2D eigenvalue weighted by molar-refractivity contribution is 0.373. The Balaban J connectivity index is 2.27. The zero-order valence-electron chi connectivity index (χ0n) is 6.97. The minimum absolute atomic E-state index is 0.224. The standard InChI is InChI=1S/C9H11FN2/c1-6-7(10)2-3-9(12-6)8-4-5-11-8/h2-3,8,11H,4-5H2,1H3/t8-/m0/s1. The normalized spacial score (nSPS) is 22.0. The molecule has 0 amide bonds. The Hall–Kier alpha value is -0.960. The van der Waals surface area contributed by atoms with Crippen molar-refractivity contribution in [2.24, 2.45) is 0 Å². The molecule has 2 rings (SSSR count). The van der Waals surface area contributed by atoms with Crippen LogP contribution in [-0.2, 0) is 0 Å². The Morgan fingerprint density at radius 3 is 2.83 bits per heavy atom. The molecule has 1 aromatic rings. The highest BCUT2D eigenvalue weighted by molar-refractivity contribution is 5.16. The predicted octanol–water partition coefficient (Wildman–Crippen LogP) is 1.56. The SMILES string of the molecule is Cc1nc([C@@H]2CCN2)ccc1F. The van der Waals surface area contributed by atoms with E-state index in [4.69, 9.17) is 0 Å². The molecule has 0 saturated carbocycles. The van der Waals surface area contributed by atoms with Crippen LogP contribution in [0, 0.1) is 12.7 Å². The van der Waals surface area contributed by atoms with E-state index in [-0.39, 0.29) is 5.82 Å². The molecule has 1 aromatic heterocycles. The van der Waals surface area contributed by atoms with Crippen molar-refractivity contribution >= 4 is 0 Å². The molecule has 0 aliphatic carbocycles. The van der Waals surface area contributed by atoms with Crippen molar-refractivity contribution in [1.29, 1.82) is 0 Å². The van der Waals surface area contributed by atoms with Gasteiger partial charge in [0.2, 0.25) is 0 Å². The minimum Gasteiger partial charge on any atom is -0.309 e. The third kappa shape index (κ3) is 1.20. The second kappa shape index (κ2) is 2.83. The Bertz CT molecular complexity index is 295. The molecule has 1 aliphatic rings. The van der Waals surface area contributed by atoms with Gasteiger partial charge in [-0.2, -0.15) is 0 Å². The molecular formula is C9H11FN2. The first-order chi connectivity index (χ1) is 5.77. The van der Waals surface area contributed by atoms with Crippen molar-refractivity contribution in [3.8, 4) is 0 Å². The fraction of sp³-hybridized carbons (Fsp3) is 0.444. The van der Waals surface area contributed by atoms with Crippen molar-refractivity contribution in [1.82, 2.24) is 10.3 Å². The average Bonchev–Trinajstić information content (AvgIpc) is 1.93. The number of aromatic nitrogens is 1. The molecular weight excluding hydrogens is 155 g/mol. The van der Waals surface area contributed by atoms with E-state index >= 15 is 0 Å². The summed E-state index contributed by atoms with van der Waals surface area (Å²) in [7, 11) is 0. The van der Waals surface area contributed by atoms with E-state index < -0.39 is 0 Å². The summed E-state index contributed by atoms with van der Waals surface area (Å²) in [6, 6.07) is 3.58. The topological polar surface area (TPSA) is 24.9 Å². The predicted molar refractivity (Wildman–Crippen MR) is 44.3 cm³/mol. The number of aryl methyl sites for hydroxylation is 1.